The molecule has 1 N–H and O–H groups in total. The molecule has 0 fully saturated rings. The van der Waals surface area contributed by atoms with Gasteiger partial charge in [-0.05, 0) is 28.9 Å². The monoisotopic (exact) mass is 299 g/mol. The quantitative estimate of drug-likeness (QED) is 0.933. The van der Waals surface area contributed by atoms with Crippen LogP contribution < -0.4 is 4.74 Å². The second kappa shape index (κ2) is 5.01. The van der Waals surface area contributed by atoms with Gasteiger partial charge in [-0.3, -0.25) is 0 Å². The fourth-order valence-corrected chi connectivity index (χ4v) is 1.30. The topological polar surface area (TPSA) is 42.4 Å². The van der Waals surface area contributed by atoms with E-state index in [0.717, 1.165) is 6.92 Å². The number of nitrogens with zero attached hydrogens (tertiary/aromatic N) is 1. The van der Waals surface area contributed by atoms with E-state index in [4.69, 9.17) is 5.11 Å². The lowest BCUT2D eigenvalue weighted by Gasteiger charge is -2.18. The fraction of sp³-hybridized carbons (Fsp3) is 0.444. The first-order valence-electron chi connectivity index (χ1n) is 4.33. The largest absolute Gasteiger partial charge is 0.465 e. The van der Waals surface area contributed by atoms with Crippen molar-refractivity contribution in [2.75, 3.05) is 0 Å². The number of hydrogen-bond acceptors (Lipinski definition) is 3. The molecule has 0 saturated heterocycles. The van der Waals surface area contributed by atoms with E-state index < -0.39 is 18.9 Å². The second-order valence-electron chi connectivity index (χ2n) is 3.08. The summed E-state index contributed by atoms with van der Waals surface area (Å²) in [4.78, 5) is 3.67. The number of ether oxygens (including phenoxy) is 1. The maximum atomic E-state index is 12.2. The minimum absolute atomic E-state index is 0.200. The maximum absolute atomic E-state index is 12.2. The lowest BCUT2D eigenvalue weighted by atomic mass is 10.3. The van der Waals surface area contributed by atoms with Crippen molar-refractivity contribution in [2.45, 2.75) is 25.8 Å². The average molecular weight is 300 g/mol. The van der Waals surface area contributed by atoms with Crippen LogP contribution in [0.1, 0.15) is 12.5 Å². The molecule has 7 heteroatoms. The summed E-state index contributed by atoms with van der Waals surface area (Å²) in [6.45, 7) is 0.442. The molecule has 16 heavy (non-hydrogen) atoms. The van der Waals surface area contributed by atoms with E-state index in [9.17, 15) is 13.2 Å². The van der Waals surface area contributed by atoms with Crippen molar-refractivity contribution in [3.05, 3.63) is 22.3 Å². The zero-order valence-corrected chi connectivity index (χ0v) is 9.84. The van der Waals surface area contributed by atoms with Gasteiger partial charge in [0.2, 0.25) is 5.88 Å². The van der Waals surface area contributed by atoms with E-state index in [0.29, 0.717) is 4.47 Å². The smallest absolute Gasteiger partial charge is 0.425 e. The predicted molar refractivity (Wildman–Crippen MR) is 54.0 cm³/mol. The number of alkyl halides is 3. The molecule has 1 atom stereocenters. The molecule has 1 heterocycles. The molecule has 1 aromatic rings. The van der Waals surface area contributed by atoms with Gasteiger partial charge in [0.1, 0.15) is 0 Å². The van der Waals surface area contributed by atoms with E-state index in [1.807, 2.05) is 0 Å². The van der Waals surface area contributed by atoms with Crippen molar-refractivity contribution in [2.24, 2.45) is 0 Å². The fourth-order valence-electron chi connectivity index (χ4n) is 0.922. The third-order valence-corrected chi connectivity index (χ3v) is 2.25. The van der Waals surface area contributed by atoms with Gasteiger partial charge in [-0.2, -0.15) is 13.2 Å². The Hall–Kier alpha value is -0.820. The first-order valence-corrected chi connectivity index (χ1v) is 5.12. The summed E-state index contributed by atoms with van der Waals surface area (Å²) < 4.78 is 41.9. The molecule has 0 aromatic carbocycles. The zero-order chi connectivity index (χ0) is 12.3. The lowest BCUT2D eigenvalue weighted by molar-refractivity contribution is -0.190. The lowest BCUT2D eigenvalue weighted by Crippen LogP contribution is -2.31. The Morgan fingerprint density at radius 1 is 1.56 bits per heavy atom. The van der Waals surface area contributed by atoms with Gasteiger partial charge in [0.05, 0.1) is 6.61 Å². The third-order valence-electron chi connectivity index (χ3n) is 1.81. The molecular weight excluding hydrogens is 291 g/mol. The highest BCUT2D eigenvalue weighted by molar-refractivity contribution is 9.10. The molecule has 3 nitrogen and oxygen atoms in total. The summed E-state index contributed by atoms with van der Waals surface area (Å²) in [5, 5.41) is 8.94. The Morgan fingerprint density at radius 2 is 2.19 bits per heavy atom. The van der Waals surface area contributed by atoms with Crippen molar-refractivity contribution in [1.29, 1.82) is 0 Å². The van der Waals surface area contributed by atoms with Crippen LogP contribution in [0.3, 0.4) is 0 Å². The van der Waals surface area contributed by atoms with E-state index in [2.05, 4.69) is 25.7 Å². The van der Waals surface area contributed by atoms with Crippen LogP contribution in [0.25, 0.3) is 0 Å². The van der Waals surface area contributed by atoms with Gasteiger partial charge in [-0.1, -0.05) is 0 Å². The Morgan fingerprint density at radius 3 is 2.69 bits per heavy atom. The summed E-state index contributed by atoms with van der Waals surface area (Å²) in [5.41, 5.74) is 0.200. The number of rotatable bonds is 3. The first-order chi connectivity index (χ1) is 7.34. The molecule has 0 aliphatic carbocycles. The van der Waals surface area contributed by atoms with Crippen molar-refractivity contribution in [3.63, 3.8) is 0 Å². The Bertz CT molecular complexity index is 370. The Kier molecular flexibility index (Phi) is 4.15. The van der Waals surface area contributed by atoms with Gasteiger partial charge >= 0.3 is 6.18 Å². The SMILES string of the molecule is CC(Oc1ncc(Br)cc1CO)C(F)(F)F. The summed E-state index contributed by atoms with van der Waals surface area (Å²) in [6.07, 6.45) is -5.12. The molecule has 0 amide bonds. The Balaban J connectivity index is 2.89. The minimum Gasteiger partial charge on any atom is -0.465 e. The number of halogens is 4. The standard InChI is InChI=1S/C9H9BrF3NO2/c1-5(9(11,12)13)16-8-6(4-15)2-7(10)3-14-8/h2-3,5,15H,4H2,1H3. The summed E-state index contributed by atoms with van der Waals surface area (Å²) >= 11 is 3.09. The van der Waals surface area contributed by atoms with Crippen molar-refractivity contribution >= 4 is 15.9 Å². The van der Waals surface area contributed by atoms with Crippen molar-refractivity contribution in [3.8, 4) is 5.88 Å². The van der Waals surface area contributed by atoms with Gasteiger partial charge in [0.15, 0.2) is 6.10 Å². The molecule has 0 spiro atoms. The first kappa shape index (κ1) is 13.2. The minimum atomic E-state index is -4.46. The van der Waals surface area contributed by atoms with Crippen LogP contribution in [0.4, 0.5) is 13.2 Å². The van der Waals surface area contributed by atoms with Crippen LogP contribution >= 0.6 is 15.9 Å². The van der Waals surface area contributed by atoms with Gasteiger partial charge in [-0.15, -0.1) is 0 Å². The van der Waals surface area contributed by atoms with Crippen LogP contribution in [0.5, 0.6) is 5.88 Å². The third kappa shape index (κ3) is 3.34. The summed E-state index contributed by atoms with van der Waals surface area (Å²) in [5.74, 6) is -0.212. The van der Waals surface area contributed by atoms with E-state index >= 15 is 0 Å². The van der Waals surface area contributed by atoms with Gasteiger partial charge in [-0.25, -0.2) is 4.98 Å². The summed E-state index contributed by atoms with van der Waals surface area (Å²) in [6, 6.07) is 1.45. The van der Waals surface area contributed by atoms with Crippen molar-refractivity contribution in [1.82, 2.24) is 4.98 Å². The molecule has 0 radical (unpaired) electrons. The highest BCUT2D eigenvalue weighted by Gasteiger charge is 2.38. The highest BCUT2D eigenvalue weighted by atomic mass is 79.9. The average Bonchev–Trinajstić information content (AvgIpc) is 2.19. The van der Waals surface area contributed by atoms with E-state index in [1.165, 1.54) is 12.3 Å². The van der Waals surface area contributed by atoms with E-state index in [-0.39, 0.29) is 11.4 Å². The zero-order valence-electron chi connectivity index (χ0n) is 8.25. The molecule has 0 saturated carbocycles. The number of aliphatic hydroxyl groups is 1. The number of aromatic nitrogens is 1. The molecule has 1 rings (SSSR count). The van der Waals surface area contributed by atoms with Gasteiger partial charge in [0.25, 0.3) is 0 Å². The van der Waals surface area contributed by atoms with Crippen LogP contribution in [0.15, 0.2) is 16.7 Å². The Labute approximate surface area is 98.4 Å². The normalized spacial score (nSPS) is 13.6. The van der Waals surface area contributed by atoms with Crippen molar-refractivity contribution < 1.29 is 23.0 Å². The molecular formula is C9H9BrF3NO2. The highest BCUT2D eigenvalue weighted by Crippen LogP contribution is 2.27. The molecule has 0 bridgehead atoms. The molecule has 90 valence electrons. The number of hydrogen-bond donors (Lipinski definition) is 1. The van der Waals surface area contributed by atoms with Crippen LogP contribution in [0, 0.1) is 0 Å². The van der Waals surface area contributed by atoms with Gasteiger partial charge in [0, 0.05) is 16.2 Å². The molecule has 1 aromatic heterocycles. The number of pyridine rings is 1. The molecule has 1 unspecified atom stereocenters. The molecule has 0 aliphatic heterocycles. The number of aliphatic hydroxyl groups excluding tert-OH is 1. The summed E-state index contributed by atoms with van der Waals surface area (Å²) in [7, 11) is 0. The second-order valence-corrected chi connectivity index (χ2v) is 3.99. The van der Waals surface area contributed by atoms with Crippen LogP contribution in [0.2, 0.25) is 0 Å². The predicted octanol–water partition coefficient (Wildman–Crippen LogP) is 2.67. The van der Waals surface area contributed by atoms with Crippen LogP contribution in [-0.2, 0) is 6.61 Å². The van der Waals surface area contributed by atoms with E-state index in [1.54, 1.807) is 0 Å². The molecule has 0 aliphatic rings. The van der Waals surface area contributed by atoms with Crippen LogP contribution in [-0.4, -0.2) is 22.4 Å². The maximum Gasteiger partial charge on any atom is 0.425 e. The van der Waals surface area contributed by atoms with Gasteiger partial charge < -0.3 is 9.84 Å².